The number of fused-ring (bicyclic) bond motifs is 1. The van der Waals surface area contributed by atoms with E-state index < -0.39 is 6.17 Å². The SMILES string of the molecule is CN1CCC(c2cccnc2Oc2ccc(C(=O)C3Nc4ccccc4N3C)cc2)CCC1=O. The summed E-state index contributed by atoms with van der Waals surface area (Å²) in [5, 5.41) is 3.30. The van der Waals surface area contributed by atoms with Crippen LogP contribution in [-0.2, 0) is 4.79 Å². The second-order valence-electron chi connectivity index (χ2n) is 8.90. The highest BCUT2D eigenvalue weighted by atomic mass is 16.5. The number of amides is 1. The second kappa shape index (κ2) is 9.17. The first-order valence-electron chi connectivity index (χ1n) is 11.6. The lowest BCUT2D eigenvalue weighted by Crippen LogP contribution is -2.39. The molecule has 0 aliphatic carbocycles. The third-order valence-electron chi connectivity index (χ3n) is 6.75. The van der Waals surface area contributed by atoms with Gasteiger partial charge in [-0.05, 0) is 61.2 Å². The maximum absolute atomic E-state index is 13.2. The molecule has 0 saturated carbocycles. The van der Waals surface area contributed by atoms with Crippen molar-refractivity contribution in [2.45, 2.75) is 31.3 Å². The zero-order valence-electron chi connectivity index (χ0n) is 19.4. The van der Waals surface area contributed by atoms with Gasteiger partial charge >= 0.3 is 0 Å². The Labute approximate surface area is 199 Å². The molecular weight excluding hydrogens is 428 g/mol. The highest BCUT2D eigenvalue weighted by Crippen LogP contribution is 2.36. The molecule has 7 heteroatoms. The second-order valence-corrected chi connectivity index (χ2v) is 8.90. The molecule has 1 N–H and O–H groups in total. The van der Waals surface area contributed by atoms with Crippen molar-refractivity contribution in [1.29, 1.82) is 0 Å². The van der Waals surface area contributed by atoms with Crippen LogP contribution in [0.1, 0.15) is 41.1 Å². The minimum absolute atomic E-state index is 0.00369. The smallest absolute Gasteiger partial charge is 0.222 e. The average Bonchev–Trinajstić information content (AvgIpc) is 3.11. The number of hydrogen-bond donors (Lipinski definition) is 1. The summed E-state index contributed by atoms with van der Waals surface area (Å²) in [6.45, 7) is 0.724. The lowest BCUT2D eigenvalue weighted by atomic mass is 9.93. The number of nitrogens with zero attached hydrogens (tertiary/aromatic N) is 3. The Hall–Kier alpha value is -3.87. The minimum Gasteiger partial charge on any atom is -0.439 e. The van der Waals surface area contributed by atoms with E-state index in [0.717, 1.165) is 36.3 Å². The molecule has 3 heterocycles. The number of aromatic nitrogens is 1. The van der Waals surface area contributed by atoms with E-state index in [4.69, 9.17) is 4.74 Å². The van der Waals surface area contributed by atoms with Crippen molar-refractivity contribution in [3.05, 3.63) is 78.0 Å². The number of nitrogens with one attached hydrogen (secondary N) is 1. The molecule has 5 rings (SSSR count). The zero-order chi connectivity index (χ0) is 23.7. The molecule has 2 atom stereocenters. The third-order valence-corrected chi connectivity index (χ3v) is 6.75. The summed E-state index contributed by atoms with van der Waals surface area (Å²) in [7, 11) is 3.77. The first kappa shape index (κ1) is 21.9. The number of benzene rings is 2. The van der Waals surface area contributed by atoms with Gasteiger partial charge in [-0.2, -0.15) is 0 Å². The van der Waals surface area contributed by atoms with E-state index in [2.05, 4.69) is 10.3 Å². The van der Waals surface area contributed by atoms with Gasteiger partial charge < -0.3 is 19.9 Å². The molecule has 3 aromatic rings. The molecule has 1 amide bonds. The van der Waals surface area contributed by atoms with Gasteiger partial charge in [0.15, 0.2) is 6.17 Å². The number of pyridine rings is 1. The average molecular weight is 457 g/mol. The number of ketones is 1. The van der Waals surface area contributed by atoms with Crippen LogP contribution in [-0.4, -0.2) is 48.4 Å². The Bertz CT molecular complexity index is 1210. The van der Waals surface area contributed by atoms with Crippen LogP contribution >= 0.6 is 0 Å². The van der Waals surface area contributed by atoms with E-state index in [1.54, 1.807) is 35.4 Å². The predicted molar refractivity (Wildman–Crippen MR) is 132 cm³/mol. The summed E-state index contributed by atoms with van der Waals surface area (Å²) in [5.74, 6) is 1.56. The van der Waals surface area contributed by atoms with Crippen LogP contribution < -0.4 is 15.0 Å². The molecule has 1 saturated heterocycles. The maximum atomic E-state index is 13.2. The Balaban J connectivity index is 1.30. The molecule has 0 bridgehead atoms. The number of Topliss-reactive ketones (excluding diaryl/α,β-unsaturated/α-hetero) is 1. The summed E-state index contributed by atoms with van der Waals surface area (Å²) >= 11 is 0. The Morgan fingerprint density at radius 2 is 1.82 bits per heavy atom. The molecule has 2 aliphatic heterocycles. The number of anilines is 2. The summed E-state index contributed by atoms with van der Waals surface area (Å²) < 4.78 is 6.14. The van der Waals surface area contributed by atoms with Gasteiger partial charge in [0.1, 0.15) is 5.75 Å². The molecule has 2 unspecified atom stereocenters. The quantitative estimate of drug-likeness (QED) is 0.563. The summed E-state index contributed by atoms with van der Waals surface area (Å²) in [4.78, 5) is 33.4. The van der Waals surface area contributed by atoms with Crippen LogP contribution in [0.5, 0.6) is 11.6 Å². The standard InChI is InChI=1S/C27H28N4O3/c1-30-17-15-18(11-14-24(30)32)21-6-5-16-28-27(21)34-20-12-9-19(10-13-20)25(33)26-29-22-7-3-4-8-23(22)31(26)2/h3-10,12-13,16,18,26,29H,11,14-15,17H2,1-2H3. The maximum Gasteiger partial charge on any atom is 0.222 e. The molecule has 1 fully saturated rings. The molecule has 7 nitrogen and oxygen atoms in total. The fraction of sp³-hybridized carbons (Fsp3) is 0.296. The van der Waals surface area contributed by atoms with E-state index in [9.17, 15) is 9.59 Å². The number of hydrogen-bond acceptors (Lipinski definition) is 6. The molecule has 1 aromatic heterocycles. The van der Waals surface area contributed by atoms with Crippen molar-refractivity contribution in [2.24, 2.45) is 0 Å². The van der Waals surface area contributed by atoms with Crippen LogP contribution in [0.2, 0.25) is 0 Å². The Morgan fingerprint density at radius 1 is 1.03 bits per heavy atom. The highest BCUT2D eigenvalue weighted by molar-refractivity contribution is 6.05. The lowest BCUT2D eigenvalue weighted by Gasteiger charge is -2.21. The van der Waals surface area contributed by atoms with E-state index >= 15 is 0 Å². The van der Waals surface area contributed by atoms with Crippen LogP contribution in [0.25, 0.3) is 0 Å². The van der Waals surface area contributed by atoms with Crippen molar-refractivity contribution in [1.82, 2.24) is 9.88 Å². The van der Waals surface area contributed by atoms with Crippen molar-refractivity contribution >= 4 is 23.1 Å². The molecule has 2 aromatic carbocycles. The van der Waals surface area contributed by atoms with Gasteiger partial charge in [0.05, 0.1) is 11.4 Å². The number of likely N-dealkylation sites (N-methyl/N-ethyl adjacent to an activating group) is 1. The van der Waals surface area contributed by atoms with Crippen LogP contribution in [0.3, 0.4) is 0 Å². The topological polar surface area (TPSA) is 74.8 Å². The van der Waals surface area contributed by atoms with Crippen molar-refractivity contribution < 1.29 is 14.3 Å². The van der Waals surface area contributed by atoms with Gasteiger partial charge in [-0.1, -0.05) is 18.2 Å². The first-order valence-corrected chi connectivity index (χ1v) is 11.6. The summed E-state index contributed by atoms with van der Waals surface area (Å²) in [5.41, 5.74) is 3.59. The lowest BCUT2D eigenvalue weighted by molar-refractivity contribution is -0.129. The van der Waals surface area contributed by atoms with E-state index in [1.165, 1.54) is 0 Å². The Morgan fingerprint density at radius 3 is 2.62 bits per heavy atom. The number of para-hydroxylation sites is 2. The molecular formula is C27H28N4O3. The van der Waals surface area contributed by atoms with E-state index in [0.29, 0.717) is 23.6 Å². The first-order chi connectivity index (χ1) is 16.5. The van der Waals surface area contributed by atoms with E-state index in [1.807, 2.05) is 55.4 Å². The van der Waals surface area contributed by atoms with Gasteiger partial charge in [-0.3, -0.25) is 9.59 Å². The predicted octanol–water partition coefficient (Wildman–Crippen LogP) is 4.67. The van der Waals surface area contributed by atoms with Gasteiger partial charge in [-0.15, -0.1) is 0 Å². The third kappa shape index (κ3) is 4.21. The number of rotatable bonds is 5. The van der Waals surface area contributed by atoms with Crippen LogP contribution in [0, 0.1) is 0 Å². The number of likely N-dealkylation sites (tertiary alicyclic amines) is 1. The monoisotopic (exact) mass is 456 g/mol. The van der Waals surface area contributed by atoms with Gasteiger partial charge in [-0.25, -0.2) is 4.98 Å². The summed E-state index contributed by atoms with van der Waals surface area (Å²) in [6.07, 6.45) is 3.46. The van der Waals surface area contributed by atoms with Crippen LogP contribution in [0.4, 0.5) is 11.4 Å². The van der Waals surface area contributed by atoms with Crippen molar-refractivity contribution in [3.8, 4) is 11.6 Å². The van der Waals surface area contributed by atoms with Gasteiger partial charge in [0.25, 0.3) is 0 Å². The molecule has 2 aliphatic rings. The minimum atomic E-state index is -0.442. The fourth-order valence-corrected chi connectivity index (χ4v) is 4.70. The molecule has 0 spiro atoms. The molecule has 34 heavy (non-hydrogen) atoms. The van der Waals surface area contributed by atoms with Gasteiger partial charge in [0, 0.05) is 44.4 Å². The molecule has 0 radical (unpaired) electrons. The van der Waals surface area contributed by atoms with Crippen molar-refractivity contribution in [2.75, 3.05) is 30.9 Å². The van der Waals surface area contributed by atoms with Crippen molar-refractivity contribution in [3.63, 3.8) is 0 Å². The Kier molecular flexibility index (Phi) is 5.92. The normalized spacial score (nSPS) is 19.9. The van der Waals surface area contributed by atoms with E-state index in [-0.39, 0.29) is 17.6 Å². The highest BCUT2D eigenvalue weighted by Gasteiger charge is 2.31. The number of carbonyl (C=O) groups excluding carboxylic acids is 2. The number of carbonyl (C=O) groups is 2. The van der Waals surface area contributed by atoms with Gasteiger partial charge in [0.2, 0.25) is 17.6 Å². The largest absolute Gasteiger partial charge is 0.439 e. The zero-order valence-corrected chi connectivity index (χ0v) is 19.4. The number of ether oxygens (including phenoxy) is 1. The fourth-order valence-electron chi connectivity index (χ4n) is 4.70. The molecule has 174 valence electrons. The van der Waals surface area contributed by atoms with Crippen LogP contribution in [0.15, 0.2) is 66.9 Å². The summed E-state index contributed by atoms with van der Waals surface area (Å²) in [6, 6.07) is 19.0.